The minimum atomic E-state index is -3.91. The highest BCUT2D eigenvalue weighted by atomic mass is 32.2. The van der Waals surface area contributed by atoms with E-state index in [1.54, 1.807) is 0 Å². The Hall–Kier alpha value is -1.45. The monoisotopic (exact) mass is 305 g/mol. The molecule has 1 fully saturated rings. The third-order valence-electron chi connectivity index (χ3n) is 2.59. The Labute approximate surface area is 113 Å². The van der Waals surface area contributed by atoms with E-state index < -0.39 is 28.0 Å². The van der Waals surface area contributed by atoms with Crippen molar-refractivity contribution in [3.8, 4) is 0 Å². The van der Waals surface area contributed by atoms with Crippen molar-refractivity contribution >= 4 is 33.3 Å². The van der Waals surface area contributed by atoms with Gasteiger partial charge in [0.15, 0.2) is 0 Å². The van der Waals surface area contributed by atoms with Crippen LogP contribution in [0.2, 0.25) is 0 Å². The molecule has 0 amide bonds. The van der Waals surface area contributed by atoms with Crippen molar-refractivity contribution in [1.82, 2.24) is 4.72 Å². The predicted molar refractivity (Wildman–Crippen MR) is 65.7 cm³/mol. The fraction of sp³-hybridized carbons (Fsp3) is 0.400. The number of carboxylic acids is 1. The molecule has 1 aliphatic heterocycles. The van der Waals surface area contributed by atoms with Gasteiger partial charge in [0.1, 0.15) is 15.1 Å². The van der Waals surface area contributed by atoms with Gasteiger partial charge in [-0.05, 0) is 18.6 Å². The summed E-state index contributed by atoms with van der Waals surface area (Å²) in [7, 11) is -3.91. The first kappa shape index (κ1) is 14.0. The lowest BCUT2D eigenvalue weighted by Crippen LogP contribution is -2.37. The lowest BCUT2D eigenvalue weighted by molar-refractivity contribution is -0.139. The summed E-state index contributed by atoms with van der Waals surface area (Å²) in [5.41, 5.74) is 0.367. The zero-order valence-corrected chi connectivity index (χ0v) is 11.5. The maximum absolute atomic E-state index is 12.0. The minimum absolute atomic E-state index is 0.0330. The van der Waals surface area contributed by atoms with E-state index in [4.69, 9.17) is 5.11 Å². The van der Waals surface area contributed by atoms with Crippen LogP contribution in [0.3, 0.4) is 0 Å². The van der Waals surface area contributed by atoms with Crippen LogP contribution in [-0.4, -0.2) is 38.1 Å². The first-order valence-corrected chi connectivity index (χ1v) is 7.64. The number of hydrogen-bond acceptors (Lipinski definition) is 6. The Morgan fingerprint density at radius 1 is 1.58 bits per heavy atom. The summed E-state index contributed by atoms with van der Waals surface area (Å²) in [4.78, 5) is 22.1. The molecule has 0 aromatic carbocycles. The zero-order valence-electron chi connectivity index (χ0n) is 9.87. The molecule has 0 aliphatic carbocycles. The number of ether oxygens (including phenoxy) is 1. The number of carbonyl (C=O) groups is 2. The number of cyclic esters (lactones) is 1. The number of thiophene rings is 1. The maximum atomic E-state index is 12.0. The largest absolute Gasteiger partial charge is 0.477 e. The minimum Gasteiger partial charge on any atom is -0.477 e. The summed E-state index contributed by atoms with van der Waals surface area (Å²) < 4.78 is 30.8. The van der Waals surface area contributed by atoms with E-state index in [2.05, 4.69) is 9.46 Å². The Bertz CT molecular complexity index is 632. The van der Waals surface area contributed by atoms with Gasteiger partial charge in [0.05, 0.1) is 6.61 Å². The Kier molecular flexibility index (Phi) is 3.61. The number of esters is 1. The molecule has 9 heteroatoms. The normalized spacial score (nSPS) is 19.4. The molecule has 19 heavy (non-hydrogen) atoms. The molecular formula is C10H11NO6S2. The summed E-state index contributed by atoms with van der Waals surface area (Å²) in [5.74, 6) is -1.79. The average Bonchev–Trinajstić information content (AvgIpc) is 2.86. The molecule has 0 radical (unpaired) electrons. The molecule has 1 atom stereocenters. The quantitative estimate of drug-likeness (QED) is 0.777. The van der Waals surface area contributed by atoms with Crippen molar-refractivity contribution in [1.29, 1.82) is 0 Å². The van der Waals surface area contributed by atoms with Gasteiger partial charge < -0.3 is 9.84 Å². The van der Waals surface area contributed by atoms with Gasteiger partial charge >= 0.3 is 11.9 Å². The highest BCUT2D eigenvalue weighted by Gasteiger charge is 2.32. The first-order valence-electron chi connectivity index (χ1n) is 5.34. The van der Waals surface area contributed by atoms with Crippen LogP contribution in [0.4, 0.5) is 0 Å². The molecule has 104 valence electrons. The fourth-order valence-electron chi connectivity index (χ4n) is 1.65. The number of aryl methyl sites for hydroxylation is 1. The van der Waals surface area contributed by atoms with Crippen molar-refractivity contribution in [2.75, 3.05) is 6.61 Å². The SMILES string of the molecule is Cc1cc(S(=O)(=O)NC2CCOC2=O)sc1C(=O)O. The topological polar surface area (TPSA) is 110 Å². The van der Waals surface area contributed by atoms with Gasteiger partial charge in [-0.2, -0.15) is 4.72 Å². The van der Waals surface area contributed by atoms with E-state index in [-0.39, 0.29) is 22.1 Å². The van der Waals surface area contributed by atoms with Gasteiger partial charge in [-0.15, -0.1) is 11.3 Å². The molecular weight excluding hydrogens is 294 g/mol. The van der Waals surface area contributed by atoms with Crippen molar-refractivity contribution in [2.45, 2.75) is 23.6 Å². The highest BCUT2D eigenvalue weighted by molar-refractivity contribution is 7.91. The number of nitrogens with one attached hydrogen (secondary N) is 1. The second kappa shape index (κ2) is 4.91. The summed E-state index contributed by atoms with van der Waals surface area (Å²) in [5, 5.41) is 8.89. The van der Waals surface area contributed by atoms with Crippen LogP contribution in [-0.2, 0) is 19.6 Å². The van der Waals surface area contributed by atoms with Crippen LogP contribution in [0, 0.1) is 6.92 Å². The number of carboxylic acid groups (broad SMARTS) is 1. The Morgan fingerprint density at radius 3 is 2.74 bits per heavy atom. The van der Waals surface area contributed by atoms with Crippen LogP contribution < -0.4 is 4.72 Å². The van der Waals surface area contributed by atoms with Gasteiger partial charge in [-0.1, -0.05) is 0 Å². The molecule has 0 bridgehead atoms. The van der Waals surface area contributed by atoms with E-state index in [0.29, 0.717) is 16.9 Å². The lowest BCUT2D eigenvalue weighted by Gasteiger charge is -2.07. The number of carbonyl (C=O) groups excluding carboxylic acids is 1. The Balaban J connectivity index is 2.27. The van der Waals surface area contributed by atoms with Crippen LogP contribution in [0.5, 0.6) is 0 Å². The standard InChI is InChI=1S/C10H11NO6S2/c1-5-4-7(18-8(5)9(12)13)19(15,16)11-6-2-3-17-10(6)14/h4,6,11H,2-3H2,1H3,(H,12,13). The second-order valence-electron chi connectivity index (χ2n) is 4.01. The second-order valence-corrected chi connectivity index (χ2v) is 7.01. The third-order valence-corrected chi connectivity index (χ3v) is 5.76. The number of rotatable bonds is 4. The molecule has 0 spiro atoms. The molecule has 2 heterocycles. The summed E-state index contributed by atoms with van der Waals surface area (Å²) in [6.07, 6.45) is 0.272. The molecule has 2 rings (SSSR count). The average molecular weight is 305 g/mol. The highest BCUT2D eigenvalue weighted by Crippen LogP contribution is 2.26. The van der Waals surface area contributed by atoms with E-state index in [1.807, 2.05) is 0 Å². The molecule has 1 unspecified atom stereocenters. The van der Waals surface area contributed by atoms with Crippen molar-refractivity contribution < 1.29 is 27.9 Å². The maximum Gasteiger partial charge on any atom is 0.346 e. The van der Waals surface area contributed by atoms with Gasteiger partial charge in [0.2, 0.25) is 0 Å². The van der Waals surface area contributed by atoms with Crippen LogP contribution in [0.25, 0.3) is 0 Å². The summed E-state index contributed by atoms with van der Waals surface area (Å²) in [6, 6.07) is 0.372. The fourth-order valence-corrected chi connectivity index (χ4v) is 4.26. The number of hydrogen-bond donors (Lipinski definition) is 2. The smallest absolute Gasteiger partial charge is 0.346 e. The lowest BCUT2D eigenvalue weighted by atomic mass is 10.3. The van der Waals surface area contributed by atoms with Crippen LogP contribution in [0.15, 0.2) is 10.3 Å². The molecule has 2 N–H and O–H groups in total. The van der Waals surface area contributed by atoms with Crippen molar-refractivity contribution in [3.05, 3.63) is 16.5 Å². The Morgan fingerprint density at radius 2 is 2.26 bits per heavy atom. The van der Waals surface area contributed by atoms with Gasteiger partial charge in [0.25, 0.3) is 10.0 Å². The molecule has 1 aromatic heterocycles. The number of aromatic carboxylic acids is 1. The van der Waals surface area contributed by atoms with Gasteiger partial charge in [-0.25, -0.2) is 13.2 Å². The first-order chi connectivity index (χ1) is 8.81. The van der Waals surface area contributed by atoms with Gasteiger partial charge in [-0.3, -0.25) is 4.79 Å². The van der Waals surface area contributed by atoms with Crippen LogP contribution in [0.1, 0.15) is 21.7 Å². The third kappa shape index (κ3) is 2.77. The number of sulfonamides is 1. The molecule has 1 saturated heterocycles. The zero-order chi connectivity index (χ0) is 14.2. The van der Waals surface area contributed by atoms with Crippen LogP contribution >= 0.6 is 11.3 Å². The molecule has 1 aromatic rings. The van der Waals surface area contributed by atoms with E-state index >= 15 is 0 Å². The van der Waals surface area contributed by atoms with E-state index in [9.17, 15) is 18.0 Å². The summed E-state index contributed by atoms with van der Waals surface area (Å²) >= 11 is 0.657. The van der Waals surface area contributed by atoms with Gasteiger partial charge in [0, 0.05) is 6.42 Å². The van der Waals surface area contributed by atoms with E-state index in [0.717, 1.165) is 0 Å². The predicted octanol–water partition coefficient (Wildman–Crippen LogP) is 0.349. The molecule has 7 nitrogen and oxygen atoms in total. The van der Waals surface area contributed by atoms with E-state index in [1.165, 1.54) is 13.0 Å². The molecule has 1 aliphatic rings. The molecule has 0 saturated carbocycles. The van der Waals surface area contributed by atoms with Crippen molar-refractivity contribution in [2.24, 2.45) is 0 Å². The summed E-state index contributed by atoms with van der Waals surface area (Å²) in [6.45, 7) is 1.69. The van der Waals surface area contributed by atoms with Crippen molar-refractivity contribution in [3.63, 3.8) is 0 Å².